The topological polar surface area (TPSA) is 98.7 Å². The molecule has 2 aromatic rings. The Morgan fingerprint density at radius 3 is 2.87 bits per heavy atom. The van der Waals surface area contributed by atoms with Crippen LogP contribution < -0.4 is 11.2 Å². The molecule has 2 heterocycles. The number of nitrogens with one attached hydrogen (secondary N) is 1. The molecule has 7 nitrogen and oxygen atoms in total. The van der Waals surface area contributed by atoms with Gasteiger partial charge in [0, 0.05) is 12.4 Å². The van der Waals surface area contributed by atoms with Gasteiger partial charge in [0.1, 0.15) is 0 Å². The highest BCUT2D eigenvalue weighted by Gasteiger charge is 2.03. The van der Waals surface area contributed by atoms with Gasteiger partial charge in [-0.05, 0) is 0 Å². The quantitative estimate of drug-likeness (QED) is 0.711. The molecule has 0 fully saturated rings. The minimum Gasteiger partial charge on any atom is -0.365 e. The minimum atomic E-state index is -0.526. The number of rotatable bonds is 3. The van der Waals surface area contributed by atoms with E-state index >= 15 is 0 Å². The number of aromatic nitrogens is 4. The van der Waals surface area contributed by atoms with E-state index in [4.69, 9.17) is 5.73 Å². The number of hydrogen-bond donors (Lipinski definition) is 2. The lowest BCUT2D eigenvalue weighted by Gasteiger charge is -2.02. The van der Waals surface area contributed by atoms with Crippen LogP contribution in [0.3, 0.4) is 0 Å². The van der Waals surface area contributed by atoms with E-state index in [1.54, 1.807) is 12.4 Å². The van der Waals surface area contributed by atoms with Gasteiger partial charge in [0.05, 0.1) is 24.2 Å². The van der Waals surface area contributed by atoms with Gasteiger partial charge < -0.3 is 5.73 Å². The number of primary amides is 1. The molecule has 2 aromatic heterocycles. The molecule has 15 heavy (non-hydrogen) atoms. The van der Waals surface area contributed by atoms with Crippen LogP contribution in [0, 0.1) is 0 Å². The first-order valence-electron chi connectivity index (χ1n) is 4.13. The van der Waals surface area contributed by atoms with Crippen LogP contribution in [0.15, 0.2) is 31.0 Å². The van der Waals surface area contributed by atoms with Crippen LogP contribution >= 0.6 is 0 Å². The van der Waals surface area contributed by atoms with Crippen molar-refractivity contribution < 1.29 is 4.79 Å². The van der Waals surface area contributed by atoms with E-state index in [-0.39, 0.29) is 0 Å². The Kier molecular flexibility index (Phi) is 2.28. The lowest BCUT2D eigenvalue weighted by molar-refractivity contribution is 0.100. The molecule has 0 saturated heterocycles. The number of nitrogens with zero attached hydrogens (tertiary/aromatic N) is 4. The van der Waals surface area contributed by atoms with Crippen LogP contribution in [-0.2, 0) is 0 Å². The smallest absolute Gasteiger partial charge is 0.251 e. The molecule has 0 aliphatic carbocycles. The Balaban J connectivity index is 2.15. The number of carbonyl (C=O) groups excluding carboxylic acids is 1. The van der Waals surface area contributed by atoms with E-state index in [1.165, 1.54) is 23.4 Å². The standard InChI is InChI=1S/C8H8N6O/c9-8(15)6-3-12-14(5-6)13-7-4-10-1-2-11-7/h1-5H,(H2,9,15)(H,11,13). The molecule has 2 rings (SSSR count). The van der Waals surface area contributed by atoms with Crippen molar-refractivity contribution in [3.8, 4) is 0 Å². The fourth-order valence-electron chi connectivity index (χ4n) is 0.985. The zero-order valence-corrected chi connectivity index (χ0v) is 7.66. The summed E-state index contributed by atoms with van der Waals surface area (Å²) in [5, 5.41) is 3.87. The van der Waals surface area contributed by atoms with Crippen molar-refractivity contribution in [3.63, 3.8) is 0 Å². The first kappa shape index (κ1) is 9.13. The molecule has 3 N–H and O–H groups in total. The zero-order chi connectivity index (χ0) is 10.7. The van der Waals surface area contributed by atoms with Gasteiger partial charge in [-0.2, -0.15) is 9.89 Å². The summed E-state index contributed by atoms with van der Waals surface area (Å²) in [4.78, 5) is 20.0. The van der Waals surface area contributed by atoms with Crippen molar-refractivity contribution in [1.82, 2.24) is 19.9 Å². The molecule has 0 bridgehead atoms. The van der Waals surface area contributed by atoms with Crippen LogP contribution in [-0.4, -0.2) is 25.8 Å². The Morgan fingerprint density at radius 2 is 2.27 bits per heavy atom. The summed E-state index contributed by atoms with van der Waals surface area (Å²) in [6, 6.07) is 0. The number of anilines is 1. The highest BCUT2D eigenvalue weighted by Crippen LogP contribution is 2.00. The largest absolute Gasteiger partial charge is 0.365 e. The van der Waals surface area contributed by atoms with Gasteiger partial charge in [-0.3, -0.25) is 15.2 Å². The average molecular weight is 204 g/mol. The third-order valence-electron chi connectivity index (χ3n) is 1.66. The highest BCUT2D eigenvalue weighted by atomic mass is 16.1. The van der Waals surface area contributed by atoms with Gasteiger partial charge in [0.15, 0.2) is 5.82 Å². The molecule has 0 spiro atoms. The van der Waals surface area contributed by atoms with Crippen molar-refractivity contribution in [1.29, 1.82) is 0 Å². The molecule has 0 saturated carbocycles. The highest BCUT2D eigenvalue weighted by molar-refractivity contribution is 5.92. The predicted molar refractivity (Wildman–Crippen MR) is 51.8 cm³/mol. The number of nitrogens with two attached hydrogens (primary N) is 1. The third kappa shape index (κ3) is 2.08. The normalized spacial score (nSPS) is 9.87. The molecule has 1 amide bonds. The lowest BCUT2D eigenvalue weighted by Crippen LogP contribution is -2.12. The summed E-state index contributed by atoms with van der Waals surface area (Å²) >= 11 is 0. The van der Waals surface area contributed by atoms with Crippen molar-refractivity contribution in [2.24, 2.45) is 5.73 Å². The van der Waals surface area contributed by atoms with Crippen molar-refractivity contribution in [2.75, 3.05) is 5.43 Å². The molecule has 0 radical (unpaired) electrons. The van der Waals surface area contributed by atoms with Crippen LogP contribution in [0.5, 0.6) is 0 Å². The second-order valence-corrected chi connectivity index (χ2v) is 2.74. The molecule has 7 heteroatoms. The lowest BCUT2D eigenvalue weighted by atomic mass is 10.4. The molecule has 0 aliphatic rings. The van der Waals surface area contributed by atoms with Crippen LogP contribution in [0.4, 0.5) is 5.82 Å². The van der Waals surface area contributed by atoms with E-state index in [2.05, 4.69) is 20.5 Å². The molecule has 0 atom stereocenters. The Labute approximate surface area is 84.9 Å². The summed E-state index contributed by atoms with van der Waals surface area (Å²) in [6.45, 7) is 0. The van der Waals surface area contributed by atoms with Gasteiger partial charge in [0.2, 0.25) is 0 Å². The first-order valence-corrected chi connectivity index (χ1v) is 4.13. The minimum absolute atomic E-state index is 0.325. The maximum atomic E-state index is 10.8. The fourth-order valence-corrected chi connectivity index (χ4v) is 0.985. The summed E-state index contributed by atoms with van der Waals surface area (Å²) in [5.74, 6) is -0.00110. The molecular weight excluding hydrogens is 196 g/mol. The molecule has 0 aromatic carbocycles. The van der Waals surface area contributed by atoms with Gasteiger partial charge in [-0.1, -0.05) is 0 Å². The summed E-state index contributed by atoms with van der Waals surface area (Å²) in [7, 11) is 0. The monoisotopic (exact) mass is 204 g/mol. The van der Waals surface area contributed by atoms with E-state index in [0.29, 0.717) is 11.4 Å². The third-order valence-corrected chi connectivity index (χ3v) is 1.66. The van der Waals surface area contributed by atoms with Gasteiger partial charge in [-0.25, -0.2) is 4.98 Å². The van der Waals surface area contributed by atoms with Gasteiger partial charge >= 0.3 is 0 Å². The average Bonchev–Trinajstić information content (AvgIpc) is 2.68. The van der Waals surface area contributed by atoms with Crippen molar-refractivity contribution in [2.45, 2.75) is 0 Å². The molecule has 0 unspecified atom stereocenters. The van der Waals surface area contributed by atoms with Crippen molar-refractivity contribution >= 4 is 11.7 Å². The summed E-state index contributed by atoms with van der Waals surface area (Å²) in [5.41, 5.74) is 8.20. The molecule has 76 valence electrons. The molecule has 0 aliphatic heterocycles. The van der Waals surface area contributed by atoms with Crippen LogP contribution in [0.2, 0.25) is 0 Å². The Bertz CT molecular complexity index is 465. The zero-order valence-electron chi connectivity index (χ0n) is 7.66. The van der Waals surface area contributed by atoms with Gasteiger partial charge in [0.25, 0.3) is 5.91 Å². The maximum Gasteiger partial charge on any atom is 0.251 e. The van der Waals surface area contributed by atoms with E-state index in [0.717, 1.165) is 0 Å². The molecular formula is C8H8N6O. The fraction of sp³-hybridized carbons (Fsp3) is 0. The number of hydrogen-bond acceptors (Lipinski definition) is 5. The number of amides is 1. The summed E-state index contributed by atoms with van der Waals surface area (Å²) < 4.78 is 0. The Hall–Kier alpha value is -2.44. The van der Waals surface area contributed by atoms with E-state index in [9.17, 15) is 4.79 Å². The SMILES string of the molecule is NC(=O)c1cnn(Nc2cnccn2)c1. The number of carbonyl (C=O) groups is 1. The summed E-state index contributed by atoms with van der Waals surface area (Å²) in [6.07, 6.45) is 7.47. The van der Waals surface area contributed by atoms with Crippen molar-refractivity contribution in [3.05, 3.63) is 36.5 Å². The Morgan fingerprint density at radius 1 is 1.40 bits per heavy atom. The van der Waals surface area contributed by atoms with Gasteiger partial charge in [-0.15, -0.1) is 0 Å². The van der Waals surface area contributed by atoms with Crippen LogP contribution in [0.25, 0.3) is 0 Å². The van der Waals surface area contributed by atoms with E-state index in [1.807, 2.05) is 0 Å². The van der Waals surface area contributed by atoms with Crippen LogP contribution in [0.1, 0.15) is 10.4 Å². The maximum absolute atomic E-state index is 10.8. The first-order chi connectivity index (χ1) is 7.25. The van der Waals surface area contributed by atoms with E-state index < -0.39 is 5.91 Å². The second kappa shape index (κ2) is 3.74. The predicted octanol–water partition coefficient (Wildman–Crippen LogP) is -0.353. The second-order valence-electron chi connectivity index (χ2n) is 2.74.